The van der Waals surface area contributed by atoms with Crippen LogP contribution in [0.2, 0.25) is 0 Å². The zero-order valence-electron chi connectivity index (χ0n) is 29.1. The summed E-state index contributed by atoms with van der Waals surface area (Å²) >= 11 is 3.80. The molecule has 54 heavy (non-hydrogen) atoms. The summed E-state index contributed by atoms with van der Waals surface area (Å²) in [6.07, 6.45) is 0. The van der Waals surface area contributed by atoms with Crippen molar-refractivity contribution in [3.63, 3.8) is 0 Å². The molecular formula is C52H30S2. The van der Waals surface area contributed by atoms with E-state index in [1.54, 1.807) is 0 Å². The molecule has 0 radical (unpaired) electrons. The number of thiophene rings is 2. The molecule has 2 heteroatoms. The largest absolute Gasteiger partial charge is 0.135 e. The fourth-order valence-corrected chi connectivity index (χ4v) is 11.4. The van der Waals surface area contributed by atoms with E-state index >= 15 is 0 Å². The van der Waals surface area contributed by atoms with E-state index < -0.39 is 0 Å². The summed E-state index contributed by atoms with van der Waals surface area (Å²) in [5.41, 5.74) is 7.71. The van der Waals surface area contributed by atoms with Gasteiger partial charge >= 0.3 is 0 Å². The normalized spacial score (nSPS) is 12.1. The Kier molecular flexibility index (Phi) is 6.48. The molecule has 0 bridgehead atoms. The number of fused-ring (bicyclic) bond motifs is 11. The lowest BCUT2D eigenvalue weighted by atomic mass is 9.84. The van der Waals surface area contributed by atoms with Crippen LogP contribution in [0, 0.1) is 0 Å². The van der Waals surface area contributed by atoms with Crippen molar-refractivity contribution in [2.45, 2.75) is 0 Å². The molecular weight excluding hydrogens is 689 g/mol. The van der Waals surface area contributed by atoms with Crippen LogP contribution in [0.3, 0.4) is 0 Å². The monoisotopic (exact) mass is 718 g/mol. The predicted octanol–water partition coefficient (Wildman–Crippen LogP) is 16.0. The Hall–Kier alpha value is -6.32. The van der Waals surface area contributed by atoms with Crippen LogP contribution in [-0.2, 0) is 0 Å². The fourth-order valence-electron chi connectivity index (χ4n) is 9.10. The number of hydrogen-bond acceptors (Lipinski definition) is 2. The van der Waals surface area contributed by atoms with Gasteiger partial charge in [-0.25, -0.2) is 0 Å². The lowest BCUT2D eigenvalue weighted by molar-refractivity contribution is 1.69. The van der Waals surface area contributed by atoms with Gasteiger partial charge in [-0.05, 0) is 101 Å². The van der Waals surface area contributed by atoms with Crippen LogP contribution in [0.15, 0.2) is 182 Å². The Balaban J connectivity index is 1.06. The van der Waals surface area contributed by atoms with Crippen molar-refractivity contribution < 1.29 is 0 Å². The molecule has 0 saturated carbocycles. The molecule has 0 aliphatic carbocycles. The highest BCUT2D eigenvalue weighted by molar-refractivity contribution is 7.26. The Morgan fingerprint density at radius 2 is 0.778 bits per heavy atom. The third-order valence-electron chi connectivity index (χ3n) is 11.4. The molecule has 0 spiro atoms. The van der Waals surface area contributed by atoms with E-state index in [0.29, 0.717) is 0 Å². The SMILES string of the molecule is c1ccc2c(-c3c4ccccc4c(-c4ccc5c(c4)sc4cc(-c6cc7sc8ccccc8c7c7ccccc67)ccc45)c4ccccc34)cccc2c1. The molecule has 2 aromatic heterocycles. The lowest BCUT2D eigenvalue weighted by Crippen LogP contribution is -1.91. The third kappa shape index (κ3) is 4.36. The fraction of sp³-hybridized carbons (Fsp3) is 0. The molecule has 0 amide bonds. The Bertz CT molecular complexity index is 3440. The lowest BCUT2D eigenvalue weighted by Gasteiger charge is -2.18. The molecule has 0 N–H and O–H groups in total. The van der Waals surface area contributed by atoms with Gasteiger partial charge in [-0.15, -0.1) is 22.7 Å². The van der Waals surface area contributed by atoms with Gasteiger partial charge in [0.1, 0.15) is 0 Å². The number of rotatable bonds is 3. The standard InChI is InChI=1S/C52H30S2/c1-2-14-34-31(12-1)13-11-22-38(34)51-42-19-7-5-17-40(42)50(41-18-6-8-20-43(41)51)33-25-27-37-36-26-24-32(28-47(36)54-48(37)29-33)45-30-49-52(39-16-4-3-15-35(39)45)44-21-9-10-23-46(44)53-49/h1-30H. The molecule has 0 aliphatic heterocycles. The second-order valence-electron chi connectivity index (χ2n) is 14.3. The van der Waals surface area contributed by atoms with E-state index in [-0.39, 0.29) is 0 Å². The van der Waals surface area contributed by atoms with Crippen molar-refractivity contribution in [2.24, 2.45) is 0 Å². The molecule has 0 saturated heterocycles. The predicted molar refractivity (Wildman–Crippen MR) is 239 cm³/mol. The van der Waals surface area contributed by atoms with Gasteiger partial charge in [-0.2, -0.15) is 0 Å². The number of hydrogen-bond donors (Lipinski definition) is 0. The maximum atomic E-state index is 2.43. The molecule has 10 aromatic carbocycles. The zero-order chi connectivity index (χ0) is 35.3. The molecule has 0 atom stereocenters. The van der Waals surface area contributed by atoms with Crippen LogP contribution in [0.4, 0.5) is 0 Å². The summed E-state index contributed by atoms with van der Waals surface area (Å²) in [7, 11) is 0. The first-order chi connectivity index (χ1) is 26.8. The number of benzene rings is 10. The maximum absolute atomic E-state index is 2.43. The first-order valence-electron chi connectivity index (χ1n) is 18.5. The Morgan fingerprint density at radius 1 is 0.259 bits per heavy atom. The van der Waals surface area contributed by atoms with Gasteiger partial charge in [-0.3, -0.25) is 0 Å². The summed E-state index contributed by atoms with van der Waals surface area (Å²) in [5, 5.41) is 15.7. The molecule has 0 fully saturated rings. The van der Waals surface area contributed by atoms with Crippen LogP contribution >= 0.6 is 22.7 Å². The van der Waals surface area contributed by atoms with Crippen LogP contribution in [0.1, 0.15) is 0 Å². The van der Waals surface area contributed by atoms with Gasteiger partial charge in [-0.1, -0.05) is 158 Å². The molecule has 12 rings (SSSR count). The highest BCUT2D eigenvalue weighted by atomic mass is 32.1. The average molecular weight is 719 g/mol. The van der Waals surface area contributed by atoms with Crippen LogP contribution in [0.5, 0.6) is 0 Å². The second-order valence-corrected chi connectivity index (χ2v) is 16.5. The summed E-state index contributed by atoms with van der Waals surface area (Å²) in [4.78, 5) is 0. The van der Waals surface area contributed by atoms with E-state index in [4.69, 9.17) is 0 Å². The van der Waals surface area contributed by atoms with Crippen molar-refractivity contribution in [2.75, 3.05) is 0 Å². The summed E-state index contributed by atoms with van der Waals surface area (Å²) < 4.78 is 5.32. The molecule has 12 aromatic rings. The van der Waals surface area contributed by atoms with Gasteiger partial charge in [0, 0.05) is 40.3 Å². The van der Waals surface area contributed by atoms with E-state index in [9.17, 15) is 0 Å². The first-order valence-corrected chi connectivity index (χ1v) is 20.1. The van der Waals surface area contributed by atoms with Gasteiger partial charge < -0.3 is 0 Å². The molecule has 0 unspecified atom stereocenters. The first kappa shape index (κ1) is 30.2. The van der Waals surface area contributed by atoms with E-state index in [2.05, 4.69) is 182 Å². The van der Waals surface area contributed by atoms with Crippen molar-refractivity contribution in [1.82, 2.24) is 0 Å². The Morgan fingerprint density at radius 3 is 1.50 bits per heavy atom. The smallest absolute Gasteiger partial charge is 0.0368 e. The topological polar surface area (TPSA) is 0 Å². The summed E-state index contributed by atoms with van der Waals surface area (Å²) in [5.74, 6) is 0. The Labute approximate surface area is 319 Å². The molecule has 250 valence electrons. The minimum Gasteiger partial charge on any atom is -0.135 e. The van der Waals surface area contributed by atoms with E-state index in [0.717, 1.165) is 0 Å². The molecule has 0 aliphatic rings. The minimum absolute atomic E-state index is 1.26. The van der Waals surface area contributed by atoms with Gasteiger partial charge in [0.25, 0.3) is 0 Å². The van der Waals surface area contributed by atoms with Crippen molar-refractivity contribution >= 4 is 106 Å². The summed E-state index contributed by atoms with van der Waals surface area (Å²) in [6.45, 7) is 0. The van der Waals surface area contributed by atoms with Crippen LogP contribution in [0.25, 0.3) is 117 Å². The van der Waals surface area contributed by atoms with Crippen molar-refractivity contribution in [3.8, 4) is 33.4 Å². The van der Waals surface area contributed by atoms with E-state index in [1.807, 2.05) is 22.7 Å². The van der Waals surface area contributed by atoms with Gasteiger partial charge in [0.05, 0.1) is 0 Å². The maximum Gasteiger partial charge on any atom is 0.0368 e. The minimum atomic E-state index is 1.26. The third-order valence-corrected chi connectivity index (χ3v) is 13.7. The molecule has 2 heterocycles. The van der Waals surface area contributed by atoms with Crippen LogP contribution in [-0.4, -0.2) is 0 Å². The van der Waals surface area contributed by atoms with Gasteiger partial charge in [0.15, 0.2) is 0 Å². The zero-order valence-corrected chi connectivity index (χ0v) is 30.8. The van der Waals surface area contributed by atoms with Crippen molar-refractivity contribution in [3.05, 3.63) is 182 Å². The van der Waals surface area contributed by atoms with Gasteiger partial charge in [0.2, 0.25) is 0 Å². The quantitative estimate of drug-likeness (QED) is 0.160. The van der Waals surface area contributed by atoms with E-state index in [1.165, 1.54) is 117 Å². The second kappa shape index (κ2) is 11.6. The molecule has 0 nitrogen and oxygen atoms in total. The highest BCUT2D eigenvalue weighted by Gasteiger charge is 2.19. The highest BCUT2D eigenvalue weighted by Crippen LogP contribution is 2.48. The summed E-state index contributed by atoms with van der Waals surface area (Å²) in [6, 6.07) is 67.8. The average Bonchev–Trinajstić information content (AvgIpc) is 3.80. The van der Waals surface area contributed by atoms with Crippen LogP contribution < -0.4 is 0 Å². The van der Waals surface area contributed by atoms with Crippen molar-refractivity contribution in [1.29, 1.82) is 0 Å².